The molecule has 19 heavy (non-hydrogen) atoms. The van der Waals surface area contributed by atoms with Crippen LogP contribution in [0.4, 0.5) is 0 Å². The second-order valence-corrected chi connectivity index (χ2v) is 4.89. The van der Waals surface area contributed by atoms with Crippen LogP contribution in [0.1, 0.15) is 17.9 Å². The molecule has 0 saturated heterocycles. The Bertz CT molecular complexity index is 505. The lowest BCUT2D eigenvalue weighted by Crippen LogP contribution is -2.18. The van der Waals surface area contributed by atoms with Crippen LogP contribution in [0, 0.1) is 0 Å². The standard InChI is InChI=1S/C16H16ClNO/c17-15(16-9-5-2-6-10-18-16)11-14(12-19)13-7-3-1-4-8-13/h1-10,12,14-15,18H,11H2. The molecule has 3 heteroatoms. The summed E-state index contributed by atoms with van der Waals surface area (Å²) in [5.74, 6) is -0.178. The van der Waals surface area contributed by atoms with E-state index in [0.29, 0.717) is 6.42 Å². The Labute approximate surface area is 118 Å². The van der Waals surface area contributed by atoms with Crippen LogP contribution in [-0.2, 0) is 4.79 Å². The maximum Gasteiger partial charge on any atom is 0.127 e. The van der Waals surface area contributed by atoms with Gasteiger partial charge in [0.15, 0.2) is 0 Å². The predicted molar refractivity (Wildman–Crippen MR) is 79.0 cm³/mol. The minimum atomic E-state index is -0.220. The van der Waals surface area contributed by atoms with Crippen molar-refractivity contribution in [3.05, 3.63) is 72.1 Å². The molecule has 1 aromatic rings. The third-order valence-electron chi connectivity index (χ3n) is 3.03. The minimum absolute atomic E-state index is 0.178. The molecule has 0 bridgehead atoms. The number of carbonyl (C=O) groups is 1. The van der Waals surface area contributed by atoms with Gasteiger partial charge < -0.3 is 10.1 Å². The van der Waals surface area contributed by atoms with Crippen molar-refractivity contribution in [3.8, 4) is 0 Å². The van der Waals surface area contributed by atoms with E-state index in [4.69, 9.17) is 11.6 Å². The van der Waals surface area contributed by atoms with Crippen molar-refractivity contribution in [2.75, 3.05) is 0 Å². The fourth-order valence-electron chi connectivity index (χ4n) is 1.99. The Hall–Kier alpha value is -1.80. The van der Waals surface area contributed by atoms with Gasteiger partial charge in [-0.05, 0) is 24.1 Å². The van der Waals surface area contributed by atoms with Gasteiger partial charge in [-0.2, -0.15) is 0 Å². The number of allylic oxidation sites excluding steroid dienone is 5. The number of halogens is 1. The van der Waals surface area contributed by atoms with E-state index in [9.17, 15) is 4.79 Å². The van der Waals surface area contributed by atoms with Gasteiger partial charge in [0.2, 0.25) is 0 Å². The Kier molecular flexibility index (Phi) is 4.99. The molecule has 1 aromatic carbocycles. The summed E-state index contributed by atoms with van der Waals surface area (Å²) < 4.78 is 0. The highest BCUT2D eigenvalue weighted by molar-refractivity contribution is 6.22. The molecule has 0 fully saturated rings. The summed E-state index contributed by atoms with van der Waals surface area (Å²) in [5.41, 5.74) is 1.91. The first-order valence-electron chi connectivity index (χ1n) is 6.25. The summed E-state index contributed by atoms with van der Waals surface area (Å²) >= 11 is 6.40. The van der Waals surface area contributed by atoms with Gasteiger partial charge >= 0.3 is 0 Å². The van der Waals surface area contributed by atoms with Gasteiger partial charge in [-0.25, -0.2) is 0 Å². The van der Waals surface area contributed by atoms with E-state index >= 15 is 0 Å². The molecular formula is C16H16ClNO. The van der Waals surface area contributed by atoms with Crippen LogP contribution in [0.5, 0.6) is 0 Å². The highest BCUT2D eigenvalue weighted by atomic mass is 35.5. The average molecular weight is 274 g/mol. The van der Waals surface area contributed by atoms with Crippen molar-refractivity contribution in [2.45, 2.75) is 17.7 Å². The summed E-state index contributed by atoms with van der Waals surface area (Å²) in [5, 5.41) is 2.91. The first kappa shape index (κ1) is 13.6. The molecule has 2 nitrogen and oxygen atoms in total. The molecule has 0 radical (unpaired) electrons. The summed E-state index contributed by atoms with van der Waals surface area (Å²) in [6.07, 6.45) is 11.1. The van der Waals surface area contributed by atoms with Gasteiger partial charge in [-0.15, -0.1) is 11.6 Å². The fourth-order valence-corrected chi connectivity index (χ4v) is 2.31. The topological polar surface area (TPSA) is 29.1 Å². The van der Waals surface area contributed by atoms with Crippen molar-refractivity contribution in [1.29, 1.82) is 0 Å². The Morgan fingerprint density at radius 1 is 1.16 bits per heavy atom. The number of nitrogens with one attached hydrogen (secondary N) is 1. The quantitative estimate of drug-likeness (QED) is 0.657. The molecule has 0 aromatic heterocycles. The number of hydrogen-bond acceptors (Lipinski definition) is 2. The third kappa shape index (κ3) is 3.83. The third-order valence-corrected chi connectivity index (χ3v) is 3.45. The predicted octanol–water partition coefficient (Wildman–Crippen LogP) is 3.52. The van der Waals surface area contributed by atoms with Crippen molar-refractivity contribution < 1.29 is 4.79 Å². The molecule has 1 aliphatic heterocycles. The monoisotopic (exact) mass is 273 g/mol. The minimum Gasteiger partial charge on any atom is -0.364 e. The van der Waals surface area contributed by atoms with Crippen molar-refractivity contribution in [3.63, 3.8) is 0 Å². The number of aldehydes is 1. The van der Waals surface area contributed by atoms with Crippen LogP contribution in [0.15, 0.2) is 66.5 Å². The molecule has 98 valence electrons. The summed E-state index contributed by atoms with van der Waals surface area (Å²) in [6, 6.07) is 9.72. The molecule has 0 amide bonds. The Morgan fingerprint density at radius 3 is 2.68 bits per heavy atom. The van der Waals surface area contributed by atoms with Crippen LogP contribution in [-0.4, -0.2) is 11.7 Å². The Morgan fingerprint density at radius 2 is 1.95 bits per heavy atom. The molecule has 0 saturated carbocycles. The Balaban J connectivity index is 2.06. The van der Waals surface area contributed by atoms with E-state index in [1.54, 1.807) is 0 Å². The lowest BCUT2D eigenvalue weighted by atomic mass is 9.94. The number of benzene rings is 1. The van der Waals surface area contributed by atoms with Crippen LogP contribution < -0.4 is 5.32 Å². The van der Waals surface area contributed by atoms with Crippen molar-refractivity contribution >= 4 is 17.9 Å². The number of carbonyl (C=O) groups excluding carboxylic acids is 1. The first-order valence-corrected chi connectivity index (χ1v) is 6.69. The highest BCUT2D eigenvalue weighted by Crippen LogP contribution is 2.24. The van der Waals surface area contributed by atoms with Gasteiger partial charge in [0.05, 0.1) is 5.38 Å². The molecule has 2 unspecified atom stereocenters. The second-order valence-electron chi connectivity index (χ2n) is 4.37. The van der Waals surface area contributed by atoms with E-state index in [0.717, 1.165) is 17.5 Å². The van der Waals surface area contributed by atoms with E-state index in [1.807, 2.05) is 60.8 Å². The van der Waals surface area contributed by atoms with Crippen LogP contribution in [0.3, 0.4) is 0 Å². The van der Waals surface area contributed by atoms with Gasteiger partial charge in [0.1, 0.15) is 6.29 Å². The van der Waals surface area contributed by atoms with Crippen LogP contribution in [0.2, 0.25) is 0 Å². The maximum atomic E-state index is 11.3. The summed E-state index contributed by atoms with van der Waals surface area (Å²) in [6.45, 7) is 0. The molecular weight excluding hydrogens is 258 g/mol. The van der Waals surface area contributed by atoms with Gasteiger partial charge in [0.25, 0.3) is 0 Å². The second kappa shape index (κ2) is 6.95. The zero-order chi connectivity index (χ0) is 13.5. The van der Waals surface area contributed by atoms with E-state index in [-0.39, 0.29) is 11.3 Å². The van der Waals surface area contributed by atoms with Gasteiger partial charge in [-0.3, -0.25) is 0 Å². The summed E-state index contributed by atoms with van der Waals surface area (Å²) in [4.78, 5) is 11.3. The van der Waals surface area contributed by atoms with Crippen LogP contribution >= 0.6 is 11.6 Å². The SMILES string of the molecule is O=CC(CC(Cl)C1=CC=CC=CN1)c1ccccc1. The van der Waals surface area contributed by atoms with Crippen LogP contribution in [0.25, 0.3) is 0 Å². The van der Waals surface area contributed by atoms with Gasteiger partial charge in [-0.1, -0.05) is 42.5 Å². The molecule has 1 aliphatic rings. The molecule has 2 rings (SSSR count). The normalized spacial score (nSPS) is 17.0. The largest absolute Gasteiger partial charge is 0.364 e. The van der Waals surface area contributed by atoms with Gasteiger partial charge in [0, 0.05) is 17.8 Å². The molecule has 1 N–H and O–H groups in total. The molecule has 0 aliphatic carbocycles. The maximum absolute atomic E-state index is 11.3. The number of hydrogen-bond donors (Lipinski definition) is 1. The lowest BCUT2D eigenvalue weighted by molar-refractivity contribution is -0.109. The van der Waals surface area contributed by atoms with Crippen molar-refractivity contribution in [1.82, 2.24) is 5.32 Å². The molecule has 1 heterocycles. The van der Waals surface area contributed by atoms with Crippen molar-refractivity contribution in [2.24, 2.45) is 0 Å². The van der Waals surface area contributed by atoms with E-state index in [2.05, 4.69) is 5.32 Å². The number of alkyl halides is 1. The highest BCUT2D eigenvalue weighted by Gasteiger charge is 2.18. The smallest absolute Gasteiger partial charge is 0.127 e. The summed E-state index contributed by atoms with van der Waals surface area (Å²) in [7, 11) is 0. The van der Waals surface area contributed by atoms with E-state index < -0.39 is 0 Å². The fraction of sp³-hybridized carbons (Fsp3) is 0.188. The zero-order valence-corrected chi connectivity index (χ0v) is 11.3. The molecule has 2 atom stereocenters. The first-order chi connectivity index (χ1) is 9.31. The zero-order valence-electron chi connectivity index (χ0n) is 10.5. The van der Waals surface area contributed by atoms with E-state index in [1.165, 1.54) is 0 Å². The number of rotatable bonds is 5. The lowest BCUT2D eigenvalue weighted by Gasteiger charge is -2.17. The molecule has 0 spiro atoms. The average Bonchev–Trinajstić information content (AvgIpc) is 2.74.